The van der Waals surface area contributed by atoms with E-state index in [1.165, 1.54) is 5.56 Å². The fraction of sp³-hybridized carbons (Fsp3) is 0.462. The number of rotatable bonds is 0. The van der Waals surface area contributed by atoms with Crippen LogP contribution in [0.4, 0.5) is 5.95 Å². The molecule has 0 unspecified atom stereocenters. The van der Waals surface area contributed by atoms with Crippen molar-refractivity contribution in [3.63, 3.8) is 0 Å². The molecule has 0 saturated carbocycles. The molecule has 0 radical (unpaired) electrons. The molecule has 0 atom stereocenters. The number of aromatic nitrogens is 2. The molecule has 0 aliphatic carbocycles. The fourth-order valence-electron chi connectivity index (χ4n) is 1.48. The van der Waals surface area contributed by atoms with Crippen LogP contribution < -0.4 is 5.73 Å². The van der Waals surface area contributed by atoms with Crippen molar-refractivity contribution in [3.8, 4) is 0 Å². The van der Waals surface area contributed by atoms with E-state index in [0.717, 1.165) is 11.0 Å². The molecule has 0 aliphatic heterocycles. The zero-order valence-electron chi connectivity index (χ0n) is 11.2. The second kappa shape index (κ2) is 6.88. The summed E-state index contributed by atoms with van der Waals surface area (Å²) in [6.07, 6.45) is 0. The smallest absolute Gasteiger partial charge is 0.200 e. The van der Waals surface area contributed by atoms with Gasteiger partial charge in [0.05, 0.1) is 11.0 Å². The predicted octanol–water partition coefficient (Wildman–Crippen LogP) is 3.52. The molecule has 3 heteroatoms. The predicted molar refractivity (Wildman–Crippen MR) is 72.6 cm³/mol. The van der Waals surface area contributed by atoms with E-state index in [4.69, 9.17) is 5.73 Å². The van der Waals surface area contributed by atoms with Crippen LogP contribution in [0.2, 0.25) is 0 Å². The van der Waals surface area contributed by atoms with Gasteiger partial charge < -0.3 is 10.3 Å². The summed E-state index contributed by atoms with van der Waals surface area (Å²) in [5, 5.41) is 0. The van der Waals surface area contributed by atoms with E-state index in [1.807, 2.05) is 51.4 Å². The third kappa shape index (κ3) is 2.75. The zero-order valence-corrected chi connectivity index (χ0v) is 11.2. The number of nitrogen functional groups attached to an aromatic ring is 1. The number of aryl methyl sites for hydroxylation is 2. The van der Waals surface area contributed by atoms with Gasteiger partial charge in [-0.1, -0.05) is 39.8 Å². The van der Waals surface area contributed by atoms with E-state index >= 15 is 0 Å². The second-order valence-electron chi connectivity index (χ2n) is 2.97. The highest BCUT2D eigenvalue weighted by Crippen LogP contribution is 2.19. The van der Waals surface area contributed by atoms with Gasteiger partial charge in [-0.2, -0.15) is 0 Å². The summed E-state index contributed by atoms with van der Waals surface area (Å²) in [5.41, 5.74) is 8.97. The fourth-order valence-corrected chi connectivity index (χ4v) is 1.48. The molecule has 3 nitrogen and oxygen atoms in total. The molecule has 1 aromatic carbocycles. The number of fused-ring (bicyclic) bond motifs is 1. The van der Waals surface area contributed by atoms with Gasteiger partial charge in [0.1, 0.15) is 0 Å². The number of para-hydroxylation sites is 1. The Morgan fingerprint density at radius 3 is 2.19 bits per heavy atom. The molecule has 1 aromatic heterocycles. The summed E-state index contributed by atoms with van der Waals surface area (Å²) < 4.78 is 1.91. The van der Waals surface area contributed by atoms with Crippen LogP contribution >= 0.6 is 0 Å². The molecule has 0 saturated heterocycles. The van der Waals surface area contributed by atoms with Gasteiger partial charge in [-0.05, 0) is 18.6 Å². The third-order valence-corrected chi connectivity index (χ3v) is 2.13. The third-order valence-electron chi connectivity index (χ3n) is 2.13. The Morgan fingerprint density at radius 1 is 1.12 bits per heavy atom. The van der Waals surface area contributed by atoms with Gasteiger partial charge in [-0.15, -0.1) is 0 Å². The molecular weight excluding hydrogens is 198 g/mol. The van der Waals surface area contributed by atoms with Crippen LogP contribution in [0.5, 0.6) is 0 Å². The van der Waals surface area contributed by atoms with Crippen LogP contribution in [-0.2, 0) is 7.05 Å². The first-order valence-corrected chi connectivity index (χ1v) is 5.87. The summed E-state index contributed by atoms with van der Waals surface area (Å²) >= 11 is 0. The Bertz CT molecular complexity index is 430. The Labute approximate surface area is 98.3 Å². The first kappa shape index (κ1) is 14.5. The number of hydrogen-bond acceptors (Lipinski definition) is 2. The SMILES string of the molecule is CC.CC.Cc1cccc2nc(N)n(C)c12. The number of anilines is 1. The highest BCUT2D eigenvalue weighted by atomic mass is 15.1. The summed E-state index contributed by atoms with van der Waals surface area (Å²) in [7, 11) is 1.93. The van der Waals surface area contributed by atoms with Gasteiger partial charge in [-0.25, -0.2) is 4.98 Å². The topological polar surface area (TPSA) is 43.8 Å². The lowest BCUT2D eigenvalue weighted by atomic mass is 10.2. The van der Waals surface area contributed by atoms with Crippen molar-refractivity contribution in [2.45, 2.75) is 34.6 Å². The first-order valence-electron chi connectivity index (χ1n) is 5.87. The minimum atomic E-state index is 0.569. The van der Waals surface area contributed by atoms with Crippen molar-refractivity contribution in [2.24, 2.45) is 7.05 Å². The molecule has 2 N–H and O–H groups in total. The second-order valence-corrected chi connectivity index (χ2v) is 2.97. The van der Waals surface area contributed by atoms with Crippen molar-refractivity contribution in [1.82, 2.24) is 9.55 Å². The molecule has 0 aliphatic rings. The lowest BCUT2D eigenvalue weighted by Crippen LogP contribution is -1.96. The lowest BCUT2D eigenvalue weighted by molar-refractivity contribution is 0.961. The monoisotopic (exact) mass is 221 g/mol. The zero-order chi connectivity index (χ0) is 12.7. The molecule has 0 spiro atoms. The summed E-state index contributed by atoms with van der Waals surface area (Å²) in [6.45, 7) is 10.1. The summed E-state index contributed by atoms with van der Waals surface area (Å²) in [5.74, 6) is 0.569. The lowest BCUT2D eigenvalue weighted by Gasteiger charge is -1.98. The molecule has 90 valence electrons. The van der Waals surface area contributed by atoms with Crippen LogP contribution in [0.15, 0.2) is 18.2 Å². The quantitative estimate of drug-likeness (QED) is 0.739. The Balaban J connectivity index is 0.000000509. The normalized spacial score (nSPS) is 8.88. The molecule has 0 fully saturated rings. The minimum Gasteiger partial charge on any atom is -0.369 e. The highest BCUT2D eigenvalue weighted by molar-refractivity contribution is 5.81. The highest BCUT2D eigenvalue weighted by Gasteiger charge is 2.05. The van der Waals surface area contributed by atoms with Crippen LogP contribution in [0.1, 0.15) is 33.3 Å². The summed E-state index contributed by atoms with van der Waals surface area (Å²) in [4.78, 5) is 4.21. The van der Waals surface area contributed by atoms with Crippen LogP contribution in [0.25, 0.3) is 11.0 Å². The maximum atomic E-state index is 5.67. The van der Waals surface area contributed by atoms with Gasteiger partial charge in [0.15, 0.2) is 0 Å². The van der Waals surface area contributed by atoms with Crippen molar-refractivity contribution < 1.29 is 0 Å². The average Bonchev–Trinajstić information content (AvgIpc) is 2.62. The van der Waals surface area contributed by atoms with Crippen molar-refractivity contribution in [1.29, 1.82) is 0 Å². The van der Waals surface area contributed by atoms with Crippen molar-refractivity contribution >= 4 is 17.0 Å². The van der Waals surface area contributed by atoms with Gasteiger partial charge in [0, 0.05) is 7.05 Å². The molecular formula is C13H23N3. The standard InChI is InChI=1S/C9H11N3.2C2H6/c1-6-4-3-5-7-8(6)12(2)9(10)11-7;2*1-2/h3-5H,1-2H3,(H2,10,11);2*1-2H3. The number of nitrogens with two attached hydrogens (primary N) is 1. The first-order chi connectivity index (χ1) is 7.70. The van der Waals surface area contributed by atoms with Crippen LogP contribution in [0.3, 0.4) is 0 Å². The van der Waals surface area contributed by atoms with Crippen LogP contribution in [-0.4, -0.2) is 9.55 Å². The van der Waals surface area contributed by atoms with Gasteiger partial charge >= 0.3 is 0 Å². The number of nitrogens with zero attached hydrogens (tertiary/aromatic N) is 2. The van der Waals surface area contributed by atoms with E-state index in [0.29, 0.717) is 5.95 Å². The maximum absolute atomic E-state index is 5.67. The number of imidazole rings is 1. The van der Waals surface area contributed by atoms with Gasteiger partial charge in [-0.3, -0.25) is 0 Å². The summed E-state index contributed by atoms with van der Waals surface area (Å²) in [6, 6.07) is 6.02. The average molecular weight is 221 g/mol. The Hall–Kier alpha value is -1.51. The minimum absolute atomic E-state index is 0.569. The largest absolute Gasteiger partial charge is 0.369 e. The number of hydrogen-bond donors (Lipinski definition) is 1. The van der Waals surface area contributed by atoms with E-state index in [1.54, 1.807) is 0 Å². The Morgan fingerprint density at radius 2 is 1.69 bits per heavy atom. The molecule has 16 heavy (non-hydrogen) atoms. The van der Waals surface area contributed by atoms with E-state index in [-0.39, 0.29) is 0 Å². The number of benzene rings is 1. The van der Waals surface area contributed by atoms with Crippen molar-refractivity contribution in [2.75, 3.05) is 5.73 Å². The molecule has 0 amide bonds. The van der Waals surface area contributed by atoms with Gasteiger partial charge in [0.2, 0.25) is 5.95 Å². The van der Waals surface area contributed by atoms with Crippen molar-refractivity contribution in [3.05, 3.63) is 23.8 Å². The molecule has 2 rings (SSSR count). The van der Waals surface area contributed by atoms with E-state index in [9.17, 15) is 0 Å². The van der Waals surface area contributed by atoms with E-state index < -0.39 is 0 Å². The molecule has 1 heterocycles. The van der Waals surface area contributed by atoms with Crippen LogP contribution in [0, 0.1) is 6.92 Å². The Kier molecular flexibility index (Phi) is 6.23. The molecule has 0 bridgehead atoms. The van der Waals surface area contributed by atoms with E-state index in [2.05, 4.69) is 18.0 Å². The van der Waals surface area contributed by atoms with Gasteiger partial charge in [0.25, 0.3) is 0 Å². The maximum Gasteiger partial charge on any atom is 0.200 e. The molecule has 2 aromatic rings.